The molecule has 0 unspecified atom stereocenters. The minimum Gasteiger partial charge on any atom is -0.478 e. The van der Waals surface area contributed by atoms with Gasteiger partial charge in [-0.2, -0.15) is 4.98 Å². The minimum atomic E-state index is -4.74. The van der Waals surface area contributed by atoms with Gasteiger partial charge in [0.15, 0.2) is 5.75 Å². The summed E-state index contributed by atoms with van der Waals surface area (Å²) in [5.74, 6) is -1.29. The number of nitrogens with one attached hydrogen (secondary N) is 3. The standard InChI is InChI=1S/C55H67ClFN9O8S/c1-34(2)39-7-5-6-8-40(39)45-29-63(33-54-30-55(56,31-54)32-54)19-20-65(45)37-24-53(25-37)15-17-64(18-16-53)36-9-10-41(46(21-36)74-47-23-42-43(57)28-60-48(42)61-51(47)73-4)50(67)62-75(71,72)38-22-44(66(69)70)49(59-27-38)58-26-35-11-13-52(3,68)14-12-35/h5-10,21-23,27-28,34-35,37,45,68H,11-20,24-26,29-33H2,1-4H3,(H,58,59)(H,60,61)(H,62,67)/t35?,45-,52?,54?,55?/m0/s1. The van der Waals surface area contributed by atoms with Gasteiger partial charge in [0.2, 0.25) is 5.82 Å². The van der Waals surface area contributed by atoms with Crippen LogP contribution in [0.25, 0.3) is 11.0 Å². The van der Waals surface area contributed by atoms with E-state index < -0.39 is 42.9 Å². The van der Waals surface area contributed by atoms with Crippen molar-refractivity contribution in [3.8, 4) is 17.4 Å². The van der Waals surface area contributed by atoms with Crippen LogP contribution in [0.3, 0.4) is 0 Å². The maximum absolute atomic E-state index is 14.9. The number of sulfonamides is 1. The average Bonchev–Trinajstić information content (AvgIpc) is 3.73. The summed E-state index contributed by atoms with van der Waals surface area (Å²) in [6.07, 6.45) is 12.3. The van der Waals surface area contributed by atoms with E-state index in [9.17, 15) is 32.8 Å². The highest BCUT2D eigenvalue weighted by Crippen LogP contribution is 2.71. The first-order valence-corrected chi connectivity index (χ1v) is 28.3. The van der Waals surface area contributed by atoms with E-state index in [4.69, 9.17) is 21.1 Å². The number of hydrogen-bond donors (Lipinski definition) is 4. The number of nitrogens with zero attached hydrogens (tertiary/aromatic N) is 6. The Bertz CT molecular complexity index is 3110. The van der Waals surface area contributed by atoms with Gasteiger partial charge < -0.3 is 29.8 Å². The molecule has 5 saturated carbocycles. The number of fused-ring (bicyclic) bond motifs is 1. The first-order valence-electron chi connectivity index (χ1n) is 26.4. The fourth-order valence-electron chi connectivity index (χ4n) is 13.5. The molecule has 2 aromatic carbocycles. The number of anilines is 2. The molecule has 75 heavy (non-hydrogen) atoms. The first kappa shape index (κ1) is 51.5. The molecular weight excluding hydrogens is 1000 g/mol. The molecule has 5 aromatic rings. The molecule has 12 rings (SSSR count). The number of aliphatic hydroxyl groups is 1. The van der Waals surface area contributed by atoms with Gasteiger partial charge in [-0.3, -0.25) is 24.7 Å². The minimum absolute atomic E-state index is 0.00852. The van der Waals surface area contributed by atoms with Gasteiger partial charge in [0.1, 0.15) is 22.1 Å². The van der Waals surface area contributed by atoms with E-state index in [-0.39, 0.29) is 56.0 Å². The predicted molar refractivity (Wildman–Crippen MR) is 284 cm³/mol. The van der Waals surface area contributed by atoms with Crippen LogP contribution in [-0.2, 0) is 10.0 Å². The zero-order chi connectivity index (χ0) is 52.7. The summed E-state index contributed by atoms with van der Waals surface area (Å²) in [5.41, 5.74) is 2.92. The lowest BCUT2D eigenvalue weighted by Gasteiger charge is -2.69. The molecule has 3 aromatic heterocycles. The molecule has 20 heteroatoms. The second kappa shape index (κ2) is 19.4. The number of pyridine rings is 2. The molecule has 0 radical (unpaired) electrons. The van der Waals surface area contributed by atoms with E-state index in [0.29, 0.717) is 55.6 Å². The topological polar surface area (TPSA) is 208 Å². The lowest BCUT2D eigenvalue weighted by Crippen LogP contribution is -2.68. The zero-order valence-electron chi connectivity index (χ0n) is 43.0. The Hall–Kier alpha value is -5.60. The summed E-state index contributed by atoms with van der Waals surface area (Å²) in [6, 6.07) is 17.0. The van der Waals surface area contributed by atoms with Crippen molar-refractivity contribution in [3.05, 3.63) is 99.6 Å². The van der Waals surface area contributed by atoms with Crippen molar-refractivity contribution in [1.29, 1.82) is 0 Å². The van der Waals surface area contributed by atoms with E-state index in [1.807, 2.05) is 0 Å². The number of methoxy groups -OCH3 is 1. The molecule has 5 heterocycles. The number of piperidine rings is 1. The van der Waals surface area contributed by atoms with Gasteiger partial charge in [-0.05, 0) is 123 Å². The smallest absolute Gasteiger partial charge is 0.312 e. The lowest BCUT2D eigenvalue weighted by atomic mass is 9.43. The molecule has 1 spiro atoms. The van der Waals surface area contributed by atoms with Gasteiger partial charge in [-0.25, -0.2) is 22.5 Å². The Balaban J connectivity index is 0.802. The lowest BCUT2D eigenvalue weighted by molar-refractivity contribution is -0.384. The van der Waals surface area contributed by atoms with Crippen LogP contribution in [-0.4, -0.2) is 119 Å². The van der Waals surface area contributed by atoms with Crippen LogP contribution in [0.15, 0.2) is 71.9 Å². The highest BCUT2D eigenvalue weighted by Gasteiger charge is 2.67. The summed E-state index contributed by atoms with van der Waals surface area (Å²) in [4.78, 5) is 44.2. The van der Waals surface area contributed by atoms with Gasteiger partial charge in [0.05, 0.1) is 34.8 Å². The molecule has 1 amide bonds. The van der Waals surface area contributed by atoms with Crippen LogP contribution in [0.4, 0.5) is 21.6 Å². The Morgan fingerprint density at radius 1 is 1.03 bits per heavy atom. The number of alkyl halides is 1. The van der Waals surface area contributed by atoms with E-state index in [1.165, 1.54) is 30.4 Å². The molecule has 2 saturated heterocycles. The van der Waals surface area contributed by atoms with Crippen LogP contribution >= 0.6 is 11.6 Å². The number of carbonyl (C=O) groups is 1. The number of ether oxygens (including phenoxy) is 2. The Morgan fingerprint density at radius 3 is 2.45 bits per heavy atom. The number of nitro groups is 1. The van der Waals surface area contributed by atoms with Gasteiger partial charge in [-0.1, -0.05) is 38.1 Å². The molecule has 4 N–H and O–H groups in total. The van der Waals surface area contributed by atoms with E-state index in [0.717, 1.165) is 108 Å². The summed E-state index contributed by atoms with van der Waals surface area (Å²) in [7, 11) is -3.36. The monoisotopic (exact) mass is 1070 g/mol. The highest BCUT2D eigenvalue weighted by molar-refractivity contribution is 7.90. The van der Waals surface area contributed by atoms with Gasteiger partial charge >= 0.3 is 5.69 Å². The van der Waals surface area contributed by atoms with Crippen molar-refractivity contribution < 1.29 is 37.1 Å². The third-order valence-electron chi connectivity index (χ3n) is 17.6. The van der Waals surface area contributed by atoms with E-state index >= 15 is 0 Å². The fourth-order valence-corrected chi connectivity index (χ4v) is 15.3. The molecule has 2 bridgehead atoms. The number of carbonyl (C=O) groups excluding carboxylic acids is 1. The Kier molecular flexibility index (Phi) is 13.4. The summed E-state index contributed by atoms with van der Waals surface area (Å²) in [5, 5.41) is 25.7. The number of aromatic amines is 1. The van der Waals surface area contributed by atoms with Crippen LogP contribution in [0.1, 0.15) is 125 Å². The number of hydrogen-bond acceptors (Lipinski definition) is 14. The number of piperazine rings is 1. The highest BCUT2D eigenvalue weighted by atomic mass is 35.5. The molecule has 1 atom stereocenters. The number of amides is 1. The van der Waals surface area contributed by atoms with Crippen molar-refractivity contribution in [2.45, 2.75) is 125 Å². The second-order valence-corrected chi connectivity index (χ2v) is 25.8. The van der Waals surface area contributed by atoms with Crippen molar-refractivity contribution >= 4 is 55.8 Å². The van der Waals surface area contributed by atoms with Gasteiger partial charge in [0.25, 0.3) is 21.8 Å². The number of rotatable bonds is 16. The second-order valence-electron chi connectivity index (χ2n) is 23.4. The fraction of sp³-hybridized carbons (Fsp3) is 0.545. The first-order chi connectivity index (χ1) is 35.7. The molecule has 7 aliphatic rings. The van der Waals surface area contributed by atoms with Crippen LogP contribution in [0, 0.1) is 32.7 Å². The van der Waals surface area contributed by atoms with Crippen molar-refractivity contribution in [2.24, 2.45) is 16.7 Å². The largest absolute Gasteiger partial charge is 0.478 e. The van der Waals surface area contributed by atoms with Crippen LogP contribution in [0.2, 0.25) is 0 Å². The van der Waals surface area contributed by atoms with E-state index in [1.54, 1.807) is 19.1 Å². The van der Waals surface area contributed by atoms with Crippen molar-refractivity contribution in [1.82, 2.24) is 29.5 Å². The Morgan fingerprint density at radius 2 is 1.76 bits per heavy atom. The number of benzene rings is 2. The van der Waals surface area contributed by atoms with Crippen molar-refractivity contribution in [3.63, 3.8) is 0 Å². The molecule has 17 nitrogen and oxygen atoms in total. The third-order valence-corrected chi connectivity index (χ3v) is 19.3. The quantitative estimate of drug-likeness (QED) is 0.0412. The zero-order valence-corrected chi connectivity index (χ0v) is 44.6. The molecule has 2 aliphatic heterocycles. The molecular formula is C55H67ClFN9O8S. The SMILES string of the molecule is COc1nc2[nH]cc(F)c2cc1Oc1cc(N2CCC3(CC2)CC(N2CCN(CC45CC(Cl)(C4)C5)C[C@H]2c2ccccc2C(C)C)C3)ccc1C(=O)NS(=O)(=O)c1cnc(NCC2CCC(C)(O)CC2)c([N+](=O)[O-])c1. The maximum atomic E-state index is 14.9. The molecule has 5 aliphatic carbocycles. The van der Waals surface area contributed by atoms with Crippen LogP contribution in [0.5, 0.6) is 17.4 Å². The summed E-state index contributed by atoms with van der Waals surface area (Å²) in [6.45, 7) is 12.5. The predicted octanol–water partition coefficient (Wildman–Crippen LogP) is 9.67. The normalized spacial score (nSPS) is 26.9. The average molecular weight is 1070 g/mol. The van der Waals surface area contributed by atoms with E-state index in [2.05, 4.69) is 77.8 Å². The third kappa shape index (κ3) is 10.1. The van der Waals surface area contributed by atoms with Gasteiger partial charge in [-0.15, -0.1) is 11.6 Å². The van der Waals surface area contributed by atoms with Crippen molar-refractivity contribution in [2.75, 3.05) is 63.1 Å². The molecule has 7 fully saturated rings. The number of aromatic nitrogens is 3. The van der Waals surface area contributed by atoms with Gasteiger partial charge in [0, 0.05) is 92.9 Å². The maximum Gasteiger partial charge on any atom is 0.312 e. The molecule has 400 valence electrons. The summed E-state index contributed by atoms with van der Waals surface area (Å²) < 4.78 is 56.6. The number of H-pyrrole nitrogens is 1. The summed E-state index contributed by atoms with van der Waals surface area (Å²) >= 11 is 6.71. The Labute approximate surface area is 442 Å². The van der Waals surface area contributed by atoms with Crippen LogP contribution < -0.4 is 24.4 Å². The number of halogens is 2.